The van der Waals surface area contributed by atoms with Crippen molar-refractivity contribution < 1.29 is 9.53 Å². The molecular formula is C17H24N2O2. The third-order valence-corrected chi connectivity index (χ3v) is 4.77. The van der Waals surface area contributed by atoms with Gasteiger partial charge >= 0.3 is 0 Å². The fourth-order valence-electron chi connectivity index (χ4n) is 3.79. The Hall–Kier alpha value is -1.29. The Morgan fingerprint density at radius 1 is 1.38 bits per heavy atom. The maximum absolute atomic E-state index is 11.9. The number of ether oxygens (including phenoxy) is 1. The van der Waals surface area contributed by atoms with E-state index >= 15 is 0 Å². The van der Waals surface area contributed by atoms with Gasteiger partial charge in [-0.1, -0.05) is 13.3 Å². The van der Waals surface area contributed by atoms with Crippen LogP contribution in [0.25, 0.3) is 0 Å². The van der Waals surface area contributed by atoms with Gasteiger partial charge in [-0.15, -0.1) is 0 Å². The maximum Gasteiger partial charge on any atom is 0.166 e. The molecule has 0 aromatic carbocycles. The number of hydrogen-bond acceptors (Lipinski definition) is 4. The van der Waals surface area contributed by atoms with Gasteiger partial charge in [0.15, 0.2) is 11.6 Å². The summed E-state index contributed by atoms with van der Waals surface area (Å²) < 4.78 is 6.13. The van der Waals surface area contributed by atoms with Crippen molar-refractivity contribution in [3.8, 4) is 0 Å². The summed E-state index contributed by atoms with van der Waals surface area (Å²) in [4.78, 5) is 21.2. The van der Waals surface area contributed by atoms with E-state index in [9.17, 15) is 4.79 Å². The van der Waals surface area contributed by atoms with Crippen LogP contribution in [0.5, 0.6) is 0 Å². The highest BCUT2D eigenvalue weighted by Gasteiger charge is 2.40. The van der Waals surface area contributed by atoms with Gasteiger partial charge in [0.1, 0.15) is 5.60 Å². The van der Waals surface area contributed by atoms with Gasteiger partial charge in [-0.05, 0) is 44.9 Å². The van der Waals surface area contributed by atoms with Crippen molar-refractivity contribution >= 4 is 5.78 Å². The SMILES string of the molecule is CCOC1(c2ncc3c(n2)CCCC3=O)CCCC(C)C1. The molecule has 0 saturated heterocycles. The summed E-state index contributed by atoms with van der Waals surface area (Å²) in [7, 11) is 0. The average molecular weight is 288 g/mol. The van der Waals surface area contributed by atoms with Crippen LogP contribution in [-0.4, -0.2) is 22.4 Å². The lowest BCUT2D eigenvalue weighted by Crippen LogP contribution is -2.37. The van der Waals surface area contributed by atoms with E-state index in [0.717, 1.165) is 49.2 Å². The van der Waals surface area contributed by atoms with Gasteiger partial charge in [0.05, 0.1) is 11.3 Å². The largest absolute Gasteiger partial charge is 0.367 e. The van der Waals surface area contributed by atoms with E-state index in [-0.39, 0.29) is 11.4 Å². The van der Waals surface area contributed by atoms with Crippen molar-refractivity contribution in [1.29, 1.82) is 0 Å². The number of ketones is 1. The van der Waals surface area contributed by atoms with Crippen molar-refractivity contribution in [3.63, 3.8) is 0 Å². The Bertz CT molecular complexity index is 540. The molecule has 0 spiro atoms. The molecule has 0 bridgehead atoms. The Morgan fingerprint density at radius 3 is 3.00 bits per heavy atom. The molecule has 0 radical (unpaired) electrons. The predicted octanol–water partition coefficient (Wildman–Crippen LogP) is 3.44. The van der Waals surface area contributed by atoms with Gasteiger partial charge in [-0.2, -0.15) is 0 Å². The molecule has 0 aliphatic heterocycles. The Kier molecular flexibility index (Phi) is 4.07. The number of hydrogen-bond donors (Lipinski definition) is 0. The number of aromatic nitrogens is 2. The first-order valence-electron chi connectivity index (χ1n) is 8.18. The highest BCUT2D eigenvalue weighted by molar-refractivity contribution is 5.97. The minimum atomic E-state index is -0.345. The molecule has 1 fully saturated rings. The number of fused-ring (bicyclic) bond motifs is 1. The van der Waals surface area contributed by atoms with E-state index in [1.807, 2.05) is 6.92 Å². The number of rotatable bonds is 3. The quantitative estimate of drug-likeness (QED) is 0.855. The Labute approximate surface area is 126 Å². The summed E-state index contributed by atoms with van der Waals surface area (Å²) in [5.74, 6) is 1.61. The predicted molar refractivity (Wildman–Crippen MR) is 80.2 cm³/mol. The highest BCUT2D eigenvalue weighted by atomic mass is 16.5. The molecule has 1 aromatic heterocycles. The van der Waals surface area contributed by atoms with Gasteiger partial charge in [0, 0.05) is 19.2 Å². The van der Waals surface area contributed by atoms with Gasteiger partial charge in [0.25, 0.3) is 0 Å². The molecule has 0 amide bonds. The molecule has 4 nitrogen and oxygen atoms in total. The highest BCUT2D eigenvalue weighted by Crippen LogP contribution is 2.41. The lowest BCUT2D eigenvalue weighted by atomic mass is 9.78. The molecule has 1 heterocycles. The van der Waals surface area contributed by atoms with Gasteiger partial charge in [0.2, 0.25) is 0 Å². The van der Waals surface area contributed by atoms with Gasteiger partial charge in [-0.3, -0.25) is 4.79 Å². The smallest absolute Gasteiger partial charge is 0.166 e. The number of carbonyl (C=O) groups is 1. The first-order chi connectivity index (χ1) is 10.1. The molecule has 2 unspecified atom stereocenters. The molecule has 2 aliphatic rings. The molecule has 21 heavy (non-hydrogen) atoms. The van der Waals surface area contributed by atoms with Crippen molar-refractivity contribution in [1.82, 2.24) is 9.97 Å². The van der Waals surface area contributed by atoms with Crippen LogP contribution in [0.4, 0.5) is 0 Å². The average Bonchev–Trinajstić information content (AvgIpc) is 2.47. The second-order valence-electron chi connectivity index (χ2n) is 6.46. The van der Waals surface area contributed by atoms with E-state index in [0.29, 0.717) is 18.9 Å². The fraction of sp³-hybridized carbons (Fsp3) is 0.706. The standard InChI is InChI=1S/C17H24N2O2/c1-3-21-17(9-5-6-12(2)10-17)16-18-11-13-14(19-16)7-4-8-15(13)20/h11-12H,3-10H2,1-2H3. The lowest BCUT2D eigenvalue weighted by molar-refractivity contribution is -0.0882. The molecule has 0 N–H and O–H groups in total. The van der Waals surface area contributed by atoms with Crippen LogP contribution in [0.2, 0.25) is 0 Å². The molecule has 2 atom stereocenters. The number of Topliss-reactive ketones (excluding diaryl/α,β-unsaturated/α-hetero) is 1. The fourth-order valence-corrected chi connectivity index (χ4v) is 3.79. The molecule has 3 rings (SSSR count). The monoisotopic (exact) mass is 288 g/mol. The first-order valence-corrected chi connectivity index (χ1v) is 8.18. The zero-order valence-electron chi connectivity index (χ0n) is 13.0. The Balaban J connectivity index is 1.98. The number of aryl methyl sites for hydroxylation is 1. The molecule has 114 valence electrons. The topological polar surface area (TPSA) is 52.1 Å². The zero-order chi connectivity index (χ0) is 14.9. The lowest BCUT2D eigenvalue weighted by Gasteiger charge is -2.38. The van der Waals surface area contributed by atoms with Crippen molar-refractivity contribution in [3.05, 3.63) is 23.3 Å². The molecule has 4 heteroatoms. The summed E-state index contributed by atoms with van der Waals surface area (Å²) in [6.07, 6.45) is 8.52. The van der Waals surface area contributed by atoms with Crippen LogP contribution in [0, 0.1) is 5.92 Å². The summed E-state index contributed by atoms with van der Waals surface area (Å²) in [6, 6.07) is 0. The van der Waals surface area contributed by atoms with Crippen LogP contribution < -0.4 is 0 Å². The van der Waals surface area contributed by atoms with Crippen LogP contribution >= 0.6 is 0 Å². The zero-order valence-corrected chi connectivity index (χ0v) is 13.0. The molecule has 2 aliphatic carbocycles. The molecule has 1 saturated carbocycles. The second kappa shape index (κ2) is 5.84. The van der Waals surface area contributed by atoms with Crippen LogP contribution in [-0.2, 0) is 16.8 Å². The van der Waals surface area contributed by atoms with E-state index in [1.54, 1.807) is 6.20 Å². The molecule has 1 aromatic rings. The first kappa shape index (κ1) is 14.6. The van der Waals surface area contributed by atoms with E-state index in [2.05, 4.69) is 11.9 Å². The number of carbonyl (C=O) groups excluding carboxylic acids is 1. The minimum absolute atomic E-state index is 0.185. The van der Waals surface area contributed by atoms with Crippen molar-refractivity contribution in [2.24, 2.45) is 5.92 Å². The van der Waals surface area contributed by atoms with Gasteiger partial charge < -0.3 is 4.74 Å². The molecular weight excluding hydrogens is 264 g/mol. The van der Waals surface area contributed by atoms with E-state index in [4.69, 9.17) is 9.72 Å². The summed E-state index contributed by atoms with van der Waals surface area (Å²) in [5, 5.41) is 0. The summed E-state index contributed by atoms with van der Waals surface area (Å²) in [5.41, 5.74) is 1.30. The Morgan fingerprint density at radius 2 is 2.24 bits per heavy atom. The van der Waals surface area contributed by atoms with Crippen molar-refractivity contribution in [2.45, 2.75) is 64.4 Å². The van der Waals surface area contributed by atoms with E-state index < -0.39 is 0 Å². The normalized spacial score (nSPS) is 29.2. The summed E-state index contributed by atoms with van der Waals surface area (Å²) >= 11 is 0. The van der Waals surface area contributed by atoms with Crippen LogP contribution in [0.1, 0.15) is 74.2 Å². The van der Waals surface area contributed by atoms with E-state index in [1.165, 1.54) is 6.42 Å². The second-order valence-corrected chi connectivity index (χ2v) is 6.46. The number of nitrogens with zero attached hydrogens (tertiary/aromatic N) is 2. The van der Waals surface area contributed by atoms with Crippen LogP contribution in [0.15, 0.2) is 6.20 Å². The van der Waals surface area contributed by atoms with Crippen molar-refractivity contribution in [2.75, 3.05) is 6.61 Å². The summed E-state index contributed by atoms with van der Waals surface area (Å²) in [6.45, 7) is 4.98. The van der Waals surface area contributed by atoms with Gasteiger partial charge in [-0.25, -0.2) is 9.97 Å². The van der Waals surface area contributed by atoms with Crippen LogP contribution in [0.3, 0.4) is 0 Å². The third-order valence-electron chi connectivity index (χ3n) is 4.77. The maximum atomic E-state index is 11.9. The third kappa shape index (κ3) is 2.73. The minimum Gasteiger partial charge on any atom is -0.367 e.